The normalized spacial score (nSPS) is 22.0. The lowest BCUT2D eigenvalue weighted by molar-refractivity contribution is -0.193. The van der Waals surface area contributed by atoms with E-state index in [1.54, 1.807) is 12.4 Å². The summed E-state index contributed by atoms with van der Waals surface area (Å²) in [6.45, 7) is 6.00. The number of piperidine rings is 1. The summed E-state index contributed by atoms with van der Waals surface area (Å²) in [5.41, 5.74) is 0.896. The second kappa shape index (κ2) is 13.4. The molecule has 230 valence electrons. The standard InChI is InChI=1S/C22H31N3O2.2C2HF3O2/c26-21(20-2-1-8-23-11-20)24-15-22(16-24)10-19(14-27-13-18-5-6-18)7-9-25(22)12-17-3-4-17;2*3-2(4,5)1(6)7/h1-2,8,11,17-19H,3-7,9-10,12-16H2;2*(H,6,7). The highest BCUT2D eigenvalue weighted by Gasteiger charge is 2.53. The number of aromatic nitrogens is 1. The maximum absolute atomic E-state index is 12.8. The molecule has 15 heteroatoms. The van der Waals surface area contributed by atoms with Crippen LogP contribution in [0.25, 0.3) is 0 Å². The van der Waals surface area contributed by atoms with Gasteiger partial charge in [0.05, 0.1) is 11.1 Å². The molecular formula is C26H33F6N3O6. The molecule has 1 aromatic rings. The van der Waals surface area contributed by atoms with Gasteiger partial charge in [0.2, 0.25) is 0 Å². The molecule has 0 aromatic carbocycles. The molecule has 2 aliphatic carbocycles. The maximum Gasteiger partial charge on any atom is 0.490 e. The van der Waals surface area contributed by atoms with Crippen LogP contribution in [0.1, 0.15) is 48.9 Å². The first-order valence-corrected chi connectivity index (χ1v) is 13.2. The summed E-state index contributed by atoms with van der Waals surface area (Å²) in [5, 5.41) is 14.2. The van der Waals surface area contributed by atoms with Crippen LogP contribution in [-0.4, -0.2) is 100 Å². The van der Waals surface area contributed by atoms with Crippen molar-refractivity contribution in [1.29, 1.82) is 0 Å². The van der Waals surface area contributed by atoms with Gasteiger partial charge in [-0.1, -0.05) is 0 Å². The summed E-state index contributed by atoms with van der Waals surface area (Å²) in [5.74, 6) is -3.00. The van der Waals surface area contributed by atoms with Gasteiger partial charge in [0.25, 0.3) is 5.91 Å². The van der Waals surface area contributed by atoms with E-state index in [-0.39, 0.29) is 11.4 Å². The van der Waals surface area contributed by atoms with Crippen molar-refractivity contribution in [2.45, 2.75) is 56.4 Å². The van der Waals surface area contributed by atoms with Crippen LogP contribution >= 0.6 is 0 Å². The monoisotopic (exact) mass is 597 g/mol. The predicted molar refractivity (Wildman–Crippen MR) is 131 cm³/mol. The highest BCUT2D eigenvalue weighted by atomic mass is 19.4. The fourth-order valence-electron chi connectivity index (χ4n) is 4.88. The molecule has 1 atom stereocenters. The maximum atomic E-state index is 12.8. The van der Waals surface area contributed by atoms with E-state index in [0.717, 1.165) is 38.1 Å². The molecule has 2 saturated heterocycles. The molecule has 2 saturated carbocycles. The molecule has 4 fully saturated rings. The van der Waals surface area contributed by atoms with Gasteiger partial charge in [-0.2, -0.15) is 26.3 Å². The van der Waals surface area contributed by atoms with Gasteiger partial charge in [0.15, 0.2) is 0 Å². The third kappa shape index (κ3) is 10.1. The molecule has 2 aliphatic heterocycles. The first-order valence-electron chi connectivity index (χ1n) is 13.2. The minimum Gasteiger partial charge on any atom is -0.475 e. The minimum absolute atomic E-state index is 0.132. The molecule has 1 unspecified atom stereocenters. The first kappa shape index (κ1) is 32.6. The number of carboxylic acids is 2. The van der Waals surface area contributed by atoms with E-state index < -0.39 is 24.3 Å². The minimum atomic E-state index is -5.08. The van der Waals surface area contributed by atoms with Crippen LogP contribution < -0.4 is 0 Å². The molecule has 0 radical (unpaired) electrons. The summed E-state index contributed by atoms with van der Waals surface area (Å²) >= 11 is 0. The number of carbonyl (C=O) groups excluding carboxylic acids is 1. The van der Waals surface area contributed by atoms with E-state index in [0.29, 0.717) is 11.5 Å². The Kier molecular flexibility index (Phi) is 10.6. The smallest absolute Gasteiger partial charge is 0.475 e. The molecule has 0 bridgehead atoms. The molecule has 2 N–H and O–H groups in total. The highest BCUT2D eigenvalue weighted by Crippen LogP contribution is 2.43. The zero-order valence-corrected chi connectivity index (χ0v) is 22.2. The topological polar surface area (TPSA) is 120 Å². The number of ether oxygens (including phenoxy) is 1. The largest absolute Gasteiger partial charge is 0.490 e. The van der Waals surface area contributed by atoms with Crippen LogP contribution in [-0.2, 0) is 14.3 Å². The number of nitrogens with zero attached hydrogens (tertiary/aromatic N) is 3. The van der Waals surface area contributed by atoms with E-state index in [4.69, 9.17) is 24.5 Å². The number of hydrogen-bond acceptors (Lipinski definition) is 6. The number of alkyl halides is 6. The van der Waals surface area contributed by atoms with Gasteiger partial charge in [-0.3, -0.25) is 14.7 Å². The van der Waals surface area contributed by atoms with Gasteiger partial charge < -0.3 is 19.8 Å². The van der Waals surface area contributed by atoms with Crippen molar-refractivity contribution in [2.24, 2.45) is 17.8 Å². The zero-order chi connectivity index (χ0) is 30.4. The molecule has 1 aromatic heterocycles. The highest BCUT2D eigenvalue weighted by molar-refractivity contribution is 5.94. The van der Waals surface area contributed by atoms with E-state index in [9.17, 15) is 31.1 Å². The second-order valence-electron chi connectivity index (χ2n) is 11.0. The number of amides is 1. The fraction of sp³-hybridized carbons (Fsp3) is 0.692. The number of carbonyl (C=O) groups is 3. The van der Waals surface area contributed by atoms with Crippen LogP contribution in [0.15, 0.2) is 24.5 Å². The van der Waals surface area contributed by atoms with Crippen LogP contribution in [0.5, 0.6) is 0 Å². The predicted octanol–water partition coefficient (Wildman–Crippen LogP) is 4.09. The number of pyridine rings is 1. The van der Waals surface area contributed by atoms with E-state index in [1.165, 1.54) is 51.6 Å². The van der Waals surface area contributed by atoms with Crippen LogP contribution in [0.4, 0.5) is 26.3 Å². The third-order valence-corrected chi connectivity index (χ3v) is 7.38. The fourth-order valence-corrected chi connectivity index (χ4v) is 4.88. The third-order valence-electron chi connectivity index (χ3n) is 7.38. The Morgan fingerprint density at radius 2 is 1.44 bits per heavy atom. The molecule has 9 nitrogen and oxygen atoms in total. The van der Waals surface area contributed by atoms with Crippen molar-refractivity contribution in [3.05, 3.63) is 30.1 Å². The molecule has 41 heavy (non-hydrogen) atoms. The summed E-state index contributed by atoms with van der Waals surface area (Å²) in [7, 11) is 0. The number of aliphatic carboxylic acids is 2. The summed E-state index contributed by atoms with van der Waals surface area (Å²) < 4.78 is 69.5. The number of likely N-dealkylation sites (tertiary alicyclic amines) is 2. The van der Waals surface area contributed by atoms with Gasteiger partial charge in [0, 0.05) is 45.2 Å². The average molecular weight is 598 g/mol. The number of rotatable bonds is 7. The molecule has 3 heterocycles. The number of carboxylic acid groups (broad SMARTS) is 2. The Bertz CT molecular complexity index is 1020. The van der Waals surface area contributed by atoms with E-state index in [1.807, 2.05) is 17.0 Å². The first-order chi connectivity index (χ1) is 19.1. The van der Waals surface area contributed by atoms with E-state index in [2.05, 4.69) is 9.88 Å². The molecule has 4 aliphatic rings. The Hall–Kier alpha value is -2.94. The molecule has 1 amide bonds. The summed E-state index contributed by atoms with van der Waals surface area (Å²) in [4.78, 5) is 39.4. The van der Waals surface area contributed by atoms with Crippen molar-refractivity contribution < 1.29 is 55.7 Å². The van der Waals surface area contributed by atoms with Gasteiger partial charge in [-0.05, 0) is 75.0 Å². The second-order valence-corrected chi connectivity index (χ2v) is 11.0. The Balaban J connectivity index is 0.000000276. The van der Waals surface area contributed by atoms with Crippen LogP contribution in [0, 0.1) is 17.8 Å². The van der Waals surface area contributed by atoms with Gasteiger partial charge in [-0.15, -0.1) is 0 Å². The number of hydrogen-bond donors (Lipinski definition) is 2. The van der Waals surface area contributed by atoms with Crippen molar-refractivity contribution in [1.82, 2.24) is 14.8 Å². The van der Waals surface area contributed by atoms with Crippen molar-refractivity contribution in [2.75, 3.05) is 39.4 Å². The van der Waals surface area contributed by atoms with Crippen LogP contribution in [0.2, 0.25) is 0 Å². The number of halogens is 6. The summed E-state index contributed by atoms with van der Waals surface area (Å²) in [6, 6.07) is 3.72. The van der Waals surface area contributed by atoms with Gasteiger partial charge >= 0.3 is 24.3 Å². The summed E-state index contributed by atoms with van der Waals surface area (Å²) in [6.07, 6.45) is 1.16. The SMILES string of the molecule is O=C(O)C(F)(F)F.O=C(O)C(F)(F)F.O=C(c1cccnc1)N1CC2(CC(COCC3CC3)CCN2CC2CC2)C1. The zero-order valence-electron chi connectivity index (χ0n) is 22.2. The quantitative estimate of drug-likeness (QED) is 0.451. The lowest BCUT2D eigenvalue weighted by atomic mass is 9.74. The van der Waals surface area contributed by atoms with Crippen molar-refractivity contribution in [3.63, 3.8) is 0 Å². The van der Waals surface area contributed by atoms with Crippen LogP contribution in [0.3, 0.4) is 0 Å². The van der Waals surface area contributed by atoms with Crippen molar-refractivity contribution >= 4 is 17.8 Å². The molecule has 5 rings (SSSR count). The van der Waals surface area contributed by atoms with E-state index >= 15 is 0 Å². The molecule has 1 spiro atoms. The Morgan fingerprint density at radius 3 is 1.90 bits per heavy atom. The van der Waals surface area contributed by atoms with Crippen molar-refractivity contribution in [3.8, 4) is 0 Å². The lowest BCUT2D eigenvalue weighted by Crippen LogP contribution is -2.73. The molecular weight excluding hydrogens is 564 g/mol. The van der Waals surface area contributed by atoms with Gasteiger partial charge in [0.1, 0.15) is 0 Å². The van der Waals surface area contributed by atoms with Gasteiger partial charge in [-0.25, -0.2) is 9.59 Å². The lowest BCUT2D eigenvalue weighted by Gasteiger charge is -2.59. The Labute approximate surface area is 232 Å². The average Bonchev–Trinajstić information content (AvgIpc) is 3.80. The Morgan fingerprint density at radius 1 is 0.902 bits per heavy atom.